The Labute approximate surface area is 82.2 Å². The van der Waals surface area contributed by atoms with Crippen LogP contribution in [0, 0.1) is 5.82 Å². The Morgan fingerprint density at radius 2 is 2.00 bits per heavy atom. The van der Waals surface area contributed by atoms with E-state index in [1.165, 1.54) is 12.1 Å². The fourth-order valence-electron chi connectivity index (χ4n) is 0.740. The van der Waals surface area contributed by atoms with Gasteiger partial charge in [0.25, 0.3) is 0 Å². The molecule has 0 aliphatic rings. The van der Waals surface area contributed by atoms with Crippen LogP contribution in [-0.2, 0) is 0 Å². The van der Waals surface area contributed by atoms with E-state index >= 15 is 0 Å². The Balaban J connectivity index is 3.27. The van der Waals surface area contributed by atoms with Gasteiger partial charge in [-0.15, -0.1) is 0 Å². The summed E-state index contributed by atoms with van der Waals surface area (Å²) >= 11 is 8.38. The van der Waals surface area contributed by atoms with Gasteiger partial charge in [-0.2, -0.15) is 0 Å². The van der Waals surface area contributed by atoms with Gasteiger partial charge in [-0.3, -0.25) is 0 Å². The summed E-state index contributed by atoms with van der Waals surface area (Å²) in [7, 11) is -1.75. The van der Waals surface area contributed by atoms with Crippen molar-refractivity contribution in [1.29, 1.82) is 0 Å². The van der Waals surface area contributed by atoms with E-state index in [0.717, 1.165) is 0 Å². The van der Waals surface area contributed by atoms with Crippen LogP contribution in [0.25, 0.3) is 0 Å². The van der Waals surface area contributed by atoms with Crippen LogP contribution in [0.1, 0.15) is 0 Å². The van der Waals surface area contributed by atoms with Gasteiger partial charge < -0.3 is 10.0 Å². The molecule has 0 unspecified atom stereocenters. The van der Waals surface area contributed by atoms with Crippen LogP contribution in [0.2, 0.25) is 5.02 Å². The van der Waals surface area contributed by atoms with Gasteiger partial charge in [0.15, 0.2) is 5.82 Å². The minimum absolute atomic E-state index is 0.0441. The lowest BCUT2D eigenvalue weighted by atomic mass is 9.80. The van der Waals surface area contributed by atoms with Gasteiger partial charge in [0.2, 0.25) is 0 Å². The SMILES string of the molecule is OB(O)c1ccc(Br)c(F)c1Cl. The van der Waals surface area contributed by atoms with Gasteiger partial charge in [-0.1, -0.05) is 17.7 Å². The zero-order chi connectivity index (χ0) is 9.30. The Morgan fingerprint density at radius 1 is 1.42 bits per heavy atom. The fourth-order valence-corrected chi connectivity index (χ4v) is 1.45. The first kappa shape index (κ1) is 9.99. The van der Waals surface area contributed by atoms with Gasteiger partial charge in [0, 0.05) is 5.46 Å². The summed E-state index contributed by atoms with van der Waals surface area (Å²) in [5, 5.41) is 17.1. The smallest absolute Gasteiger partial charge is 0.423 e. The van der Waals surface area contributed by atoms with Crippen LogP contribution < -0.4 is 5.46 Å². The molecule has 64 valence electrons. The molecule has 0 bridgehead atoms. The summed E-state index contributed by atoms with van der Waals surface area (Å²) in [5.74, 6) is -0.692. The molecule has 0 saturated carbocycles. The minimum atomic E-state index is -1.75. The molecule has 12 heavy (non-hydrogen) atoms. The predicted molar refractivity (Wildman–Crippen MR) is 48.9 cm³/mol. The van der Waals surface area contributed by atoms with Crippen molar-refractivity contribution >= 4 is 40.1 Å². The molecule has 1 aromatic carbocycles. The van der Waals surface area contributed by atoms with Crippen LogP contribution in [0.3, 0.4) is 0 Å². The van der Waals surface area contributed by atoms with Gasteiger partial charge >= 0.3 is 7.12 Å². The van der Waals surface area contributed by atoms with E-state index in [9.17, 15) is 4.39 Å². The summed E-state index contributed by atoms with van der Waals surface area (Å²) in [6, 6.07) is 2.69. The third-order valence-corrected chi connectivity index (χ3v) is 2.34. The largest absolute Gasteiger partial charge is 0.490 e. The lowest BCUT2D eigenvalue weighted by Crippen LogP contribution is -2.31. The minimum Gasteiger partial charge on any atom is -0.423 e. The van der Waals surface area contributed by atoms with Crippen molar-refractivity contribution in [3.63, 3.8) is 0 Å². The molecule has 0 spiro atoms. The maximum atomic E-state index is 13.0. The van der Waals surface area contributed by atoms with Crippen molar-refractivity contribution < 1.29 is 14.4 Å². The number of halogens is 3. The Kier molecular flexibility index (Phi) is 3.12. The van der Waals surface area contributed by atoms with E-state index in [2.05, 4.69) is 15.9 Å². The highest BCUT2D eigenvalue weighted by atomic mass is 79.9. The monoisotopic (exact) mass is 252 g/mol. The molecule has 1 aromatic rings. The molecule has 0 aliphatic heterocycles. The fraction of sp³-hybridized carbons (Fsp3) is 0. The normalized spacial score (nSPS) is 10.1. The Bertz CT molecular complexity index is 308. The molecule has 1 rings (SSSR count). The van der Waals surface area contributed by atoms with E-state index in [4.69, 9.17) is 21.6 Å². The molecule has 0 heterocycles. The predicted octanol–water partition coefficient (Wildman–Crippen LogP) is 0.921. The maximum absolute atomic E-state index is 13.0. The first-order chi connectivity index (χ1) is 5.54. The third-order valence-electron chi connectivity index (χ3n) is 1.34. The molecule has 0 saturated heterocycles. The van der Waals surface area contributed by atoms with E-state index < -0.39 is 12.9 Å². The summed E-state index contributed by atoms with van der Waals surface area (Å²) in [6.45, 7) is 0. The van der Waals surface area contributed by atoms with Crippen molar-refractivity contribution in [2.45, 2.75) is 0 Å². The van der Waals surface area contributed by atoms with E-state index in [1.807, 2.05) is 0 Å². The highest BCUT2D eigenvalue weighted by molar-refractivity contribution is 9.10. The molecule has 0 fully saturated rings. The standard InChI is InChI=1S/C6H4BBrClFO2/c8-4-2-1-3(7(11)12)5(9)6(4)10/h1-2,11-12H. The Morgan fingerprint density at radius 3 is 2.50 bits per heavy atom. The van der Waals surface area contributed by atoms with Crippen LogP contribution in [0.5, 0.6) is 0 Å². The van der Waals surface area contributed by atoms with Crippen LogP contribution >= 0.6 is 27.5 Å². The summed E-state index contributed by atoms with van der Waals surface area (Å²) in [4.78, 5) is 0. The van der Waals surface area contributed by atoms with Crippen molar-refractivity contribution in [2.24, 2.45) is 0 Å². The molecule has 2 N–H and O–H groups in total. The van der Waals surface area contributed by atoms with Gasteiger partial charge in [-0.05, 0) is 22.0 Å². The average Bonchev–Trinajstić information content (AvgIpc) is 2.00. The van der Waals surface area contributed by atoms with Crippen LogP contribution in [-0.4, -0.2) is 17.2 Å². The molecule has 0 amide bonds. The van der Waals surface area contributed by atoms with E-state index in [1.54, 1.807) is 0 Å². The van der Waals surface area contributed by atoms with E-state index in [0.29, 0.717) is 0 Å². The lowest BCUT2D eigenvalue weighted by Gasteiger charge is -2.04. The summed E-state index contributed by atoms with van der Waals surface area (Å²) in [6.07, 6.45) is 0. The lowest BCUT2D eigenvalue weighted by molar-refractivity contribution is 0.425. The first-order valence-corrected chi connectivity index (χ1v) is 4.20. The molecule has 6 heteroatoms. The Hall–Kier alpha value is -0.0951. The zero-order valence-corrected chi connectivity index (χ0v) is 8.10. The van der Waals surface area contributed by atoms with E-state index in [-0.39, 0.29) is 15.0 Å². The molecular weight excluding hydrogens is 249 g/mol. The van der Waals surface area contributed by atoms with Gasteiger partial charge in [-0.25, -0.2) is 4.39 Å². The molecule has 2 nitrogen and oxygen atoms in total. The molecule has 0 aromatic heterocycles. The van der Waals surface area contributed by atoms with Gasteiger partial charge in [0.05, 0.1) is 9.50 Å². The third kappa shape index (κ3) is 1.80. The second-order valence-electron chi connectivity index (χ2n) is 2.14. The zero-order valence-electron chi connectivity index (χ0n) is 5.76. The van der Waals surface area contributed by atoms with Crippen molar-refractivity contribution in [1.82, 2.24) is 0 Å². The summed E-state index contributed by atoms with van der Waals surface area (Å²) in [5.41, 5.74) is -0.0441. The number of hydrogen-bond acceptors (Lipinski definition) is 2. The average molecular weight is 253 g/mol. The first-order valence-electron chi connectivity index (χ1n) is 3.03. The highest BCUT2D eigenvalue weighted by Crippen LogP contribution is 2.20. The van der Waals surface area contributed by atoms with Crippen molar-refractivity contribution in [2.75, 3.05) is 0 Å². The molecule has 0 radical (unpaired) electrons. The van der Waals surface area contributed by atoms with Crippen molar-refractivity contribution in [3.8, 4) is 0 Å². The number of rotatable bonds is 1. The summed E-state index contributed by atoms with van der Waals surface area (Å²) < 4.78 is 13.1. The number of hydrogen-bond donors (Lipinski definition) is 2. The number of benzene rings is 1. The molecule has 0 aliphatic carbocycles. The van der Waals surface area contributed by atoms with Crippen LogP contribution in [0.15, 0.2) is 16.6 Å². The highest BCUT2D eigenvalue weighted by Gasteiger charge is 2.18. The topological polar surface area (TPSA) is 40.5 Å². The van der Waals surface area contributed by atoms with Gasteiger partial charge in [0.1, 0.15) is 0 Å². The molecule has 0 atom stereocenters. The molecular formula is C6H4BBrClFO2. The van der Waals surface area contributed by atoms with Crippen LogP contribution in [0.4, 0.5) is 4.39 Å². The maximum Gasteiger partial charge on any atom is 0.490 e. The van der Waals surface area contributed by atoms with Crippen molar-refractivity contribution in [3.05, 3.63) is 27.4 Å². The quantitative estimate of drug-likeness (QED) is 0.577. The second kappa shape index (κ2) is 3.74. The second-order valence-corrected chi connectivity index (χ2v) is 3.37.